The number of rotatable bonds is 4. The molecule has 0 aliphatic carbocycles. The van der Waals surface area contributed by atoms with Gasteiger partial charge in [0.2, 0.25) is 6.79 Å². The summed E-state index contributed by atoms with van der Waals surface area (Å²) in [4.78, 5) is 12.0. The van der Waals surface area contributed by atoms with Gasteiger partial charge in [-0.25, -0.2) is 4.79 Å². The Balaban J connectivity index is 1.56. The number of hydrogen-bond donors (Lipinski definition) is 2. The van der Waals surface area contributed by atoms with Gasteiger partial charge < -0.3 is 20.1 Å². The maximum absolute atomic E-state index is 12.0. The average molecular weight is 302 g/mol. The van der Waals surface area contributed by atoms with E-state index in [0.29, 0.717) is 12.3 Å². The number of ether oxygens (including phenoxy) is 2. The molecular weight excluding hydrogens is 284 g/mol. The highest BCUT2D eigenvalue weighted by Crippen LogP contribution is 2.34. The number of fused-ring (bicyclic) bond motifs is 1. The van der Waals surface area contributed by atoms with Gasteiger partial charge in [0.25, 0.3) is 0 Å². The van der Waals surface area contributed by atoms with Crippen LogP contribution in [0.1, 0.15) is 24.2 Å². The topological polar surface area (TPSA) is 77.4 Å². The van der Waals surface area contributed by atoms with E-state index < -0.39 is 0 Å². The van der Waals surface area contributed by atoms with Crippen molar-refractivity contribution in [3.63, 3.8) is 0 Å². The van der Waals surface area contributed by atoms with Crippen LogP contribution < -0.4 is 20.1 Å². The van der Waals surface area contributed by atoms with Gasteiger partial charge in [-0.05, 0) is 30.7 Å². The lowest BCUT2D eigenvalue weighted by molar-refractivity contribution is 0.174. The number of carbonyl (C=O) groups is 1. The Kier molecular flexibility index (Phi) is 3.86. The normalized spacial score (nSPS) is 13.7. The van der Waals surface area contributed by atoms with Crippen LogP contribution in [-0.2, 0) is 13.6 Å². The van der Waals surface area contributed by atoms with Gasteiger partial charge in [-0.3, -0.25) is 4.68 Å². The minimum Gasteiger partial charge on any atom is -0.454 e. The highest BCUT2D eigenvalue weighted by atomic mass is 16.7. The number of aromatic nitrogens is 2. The fraction of sp³-hybridized carbons (Fsp3) is 0.333. The molecule has 7 heteroatoms. The summed E-state index contributed by atoms with van der Waals surface area (Å²) in [6, 6.07) is 7.14. The lowest BCUT2D eigenvalue weighted by atomic mass is 10.1. The van der Waals surface area contributed by atoms with E-state index in [4.69, 9.17) is 9.47 Å². The molecule has 2 N–H and O–H groups in total. The van der Waals surface area contributed by atoms with Crippen molar-refractivity contribution in [2.24, 2.45) is 7.05 Å². The molecule has 0 radical (unpaired) electrons. The van der Waals surface area contributed by atoms with E-state index in [-0.39, 0.29) is 18.9 Å². The molecule has 22 heavy (non-hydrogen) atoms. The van der Waals surface area contributed by atoms with Crippen LogP contribution in [0.15, 0.2) is 30.5 Å². The molecule has 0 saturated heterocycles. The number of aryl methyl sites for hydroxylation is 1. The zero-order chi connectivity index (χ0) is 15.5. The SMILES string of the molecule is CC(NC(=O)NCc1ccnn1C)c1ccc2c(c1)OCO2. The minimum absolute atomic E-state index is 0.138. The Morgan fingerprint density at radius 3 is 2.95 bits per heavy atom. The number of urea groups is 1. The number of carbonyl (C=O) groups excluding carboxylic acids is 1. The van der Waals surface area contributed by atoms with Gasteiger partial charge in [-0.15, -0.1) is 0 Å². The van der Waals surface area contributed by atoms with Crippen LogP contribution in [0.5, 0.6) is 11.5 Å². The molecule has 0 fully saturated rings. The van der Waals surface area contributed by atoms with E-state index in [0.717, 1.165) is 17.0 Å². The summed E-state index contributed by atoms with van der Waals surface area (Å²) >= 11 is 0. The second-order valence-corrected chi connectivity index (χ2v) is 5.11. The molecule has 1 aliphatic rings. The highest BCUT2D eigenvalue weighted by Gasteiger charge is 2.16. The summed E-state index contributed by atoms with van der Waals surface area (Å²) in [5, 5.41) is 9.76. The fourth-order valence-electron chi connectivity index (χ4n) is 2.26. The molecule has 1 aromatic heterocycles. The first-order valence-corrected chi connectivity index (χ1v) is 7.04. The quantitative estimate of drug-likeness (QED) is 0.901. The molecule has 1 aliphatic heterocycles. The maximum Gasteiger partial charge on any atom is 0.315 e. The number of nitrogens with zero attached hydrogens (tertiary/aromatic N) is 2. The molecule has 0 saturated carbocycles. The highest BCUT2D eigenvalue weighted by molar-refractivity contribution is 5.74. The third-order valence-electron chi connectivity index (χ3n) is 3.60. The van der Waals surface area contributed by atoms with Gasteiger partial charge in [-0.2, -0.15) is 5.10 Å². The van der Waals surface area contributed by atoms with Crippen LogP contribution in [0.3, 0.4) is 0 Å². The lowest BCUT2D eigenvalue weighted by Gasteiger charge is -2.15. The summed E-state index contributed by atoms with van der Waals surface area (Å²) in [5.74, 6) is 1.44. The van der Waals surface area contributed by atoms with Gasteiger partial charge >= 0.3 is 6.03 Å². The summed E-state index contributed by atoms with van der Waals surface area (Å²) in [5.41, 5.74) is 1.89. The number of hydrogen-bond acceptors (Lipinski definition) is 4. The second kappa shape index (κ2) is 5.97. The number of benzene rings is 1. The van der Waals surface area contributed by atoms with Crippen LogP contribution in [0.4, 0.5) is 4.79 Å². The molecule has 0 spiro atoms. The van der Waals surface area contributed by atoms with Crippen LogP contribution in [0.25, 0.3) is 0 Å². The maximum atomic E-state index is 12.0. The first kappa shape index (κ1) is 14.2. The summed E-state index contributed by atoms with van der Waals surface area (Å²) in [7, 11) is 1.84. The molecule has 3 rings (SSSR count). The van der Waals surface area contributed by atoms with Crippen molar-refractivity contribution in [2.45, 2.75) is 19.5 Å². The number of amides is 2. The molecule has 0 bridgehead atoms. The van der Waals surface area contributed by atoms with Crippen LogP contribution in [0.2, 0.25) is 0 Å². The standard InChI is InChI=1S/C15H18N4O3/c1-10(11-3-4-13-14(7-11)22-9-21-13)18-15(20)16-8-12-5-6-17-19(12)2/h3-7,10H,8-9H2,1-2H3,(H2,16,18,20). The summed E-state index contributed by atoms with van der Waals surface area (Å²) < 4.78 is 12.3. The Labute approximate surface area is 128 Å². The van der Waals surface area contributed by atoms with E-state index in [1.165, 1.54) is 0 Å². The smallest absolute Gasteiger partial charge is 0.315 e. The zero-order valence-electron chi connectivity index (χ0n) is 12.5. The summed E-state index contributed by atoms with van der Waals surface area (Å²) in [6.07, 6.45) is 1.70. The van der Waals surface area contributed by atoms with E-state index in [1.54, 1.807) is 10.9 Å². The average Bonchev–Trinajstić information content (AvgIpc) is 3.12. The van der Waals surface area contributed by atoms with E-state index in [2.05, 4.69) is 15.7 Å². The molecular formula is C15H18N4O3. The first-order valence-electron chi connectivity index (χ1n) is 7.04. The Morgan fingerprint density at radius 1 is 1.36 bits per heavy atom. The van der Waals surface area contributed by atoms with E-state index in [1.807, 2.05) is 38.2 Å². The minimum atomic E-state index is -0.230. The predicted molar refractivity (Wildman–Crippen MR) is 79.6 cm³/mol. The first-order chi connectivity index (χ1) is 10.6. The van der Waals surface area contributed by atoms with Crippen LogP contribution in [0, 0.1) is 0 Å². The van der Waals surface area contributed by atoms with Crippen molar-refractivity contribution in [1.82, 2.24) is 20.4 Å². The van der Waals surface area contributed by atoms with Gasteiger partial charge in [0, 0.05) is 13.2 Å². The van der Waals surface area contributed by atoms with E-state index in [9.17, 15) is 4.79 Å². The molecule has 116 valence electrons. The monoisotopic (exact) mass is 302 g/mol. The lowest BCUT2D eigenvalue weighted by Crippen LogP contribution is -2.37. The third-order valence-corrected chi connectivity index (χ3v) is 3.60. The molecule has 1 unspecified atom stereocenters. The fourth-order valence-corrected chi connectivity index (χ4v) is 2.26. The van der Waals surface area contributed by atoms with Crippen molar-refractivity contribution in [3.05, 3.63) is 41.7 Å². The van der Waals surface area contributed by atoms with Crippen molar-refractivity contribution >= 4 is 6.03 Å². The third kappa shape index (κ3) is 2.98. The van der Waals surface area contributed by atoms with Gasteiger partial charge in [0.1, 0.15) is 0 Å². The molecule has 2 heterocycles. The van der Waals surface area contributed by atoms with Crippen molar-refractivity contribution in [1.29, 1.82) is 0 Å². The van der Waals surface area contributed by atoms with Gasteiger partial charge in [-0.1, -0.05) is 6.07 Å². The molecule has 2 aromatic rings. The number of nitrogens with one attached hydrogen (secondary N) is 2. The predicted octanol–water partition coefficient (Wildman–Crippen LogP) is 1.71. The molecule has 1 atom stereocenters. The van der Waals surface area contributed by atoms with Gasteiger partial charge in [0.15, 0.2) is 11.5 Å². The van der Waals surface area contributed by atoms with Crippen LogP contribution >= 0.6 is 0 Å². The Hall–Kier alpha value is -2.70. The van der Waals surface area contributed by atoms with Crippen molar-refractivity contribution in [2.75, 3.05) is 6.79 Å². The van der Waals surface area contributed by atoms with E-state index >= 15 is 0 Å². The van der Waals surface area contributed by atoms with Crippen molar-refractivity contribution < 1.29 is 14.3 Å². The second-order valence-electron chi connectivity index (χ2n) is 5.11. The van der Waals surface area contributed by atoms with Crippen LogP contribution in [-0.4, -0.2) is 22.6 Å². The largest absolute Gasteiger partial charge is 0.454 e. The summed E-state index contributed by atoms with van der Waals surface area (Å²) in [6.45, 7) is 2.59. The van der Waals surface area contributed by atoms with Crippen molar-refractivity contribution in [3.8, 4) is 11.5 Å². The Morgan fingerprint density at radius 2 is 2.18 bits per heavy atom. The zero-order valence-corrected chi connectivity index (χ0v) is 12.5. The molecule has 7 nitrogen and oxygen atoms in total. The molecule has 1 aromatic carbocycles. The Bertz CT molecular complexity index is 683. The molecule has 2 amide bonds. The van der Waals surface area contributed by atoms with Gasteiger partial charge in [0.05, 0.1) is 18.3 Å².